The van der Waals surface area contributed by atoms with Gasteiger partial charge in [-0.2, -0.15) is 5.10 Å². The summed E-state index contributed by atoms with van der Waals surface area (Å²) in [6.07, 6.45) is 4.86. The van der Waals surface area contributed by atoms with E-state index in [1.54, 1.807) is 10.9 Å². The molecule has 0 unspecified atom stereocenters. The van der Waals surface area contributed by atoms with E-state index in [0.717, 1.165) is 16.9 Å². The summed E-state index contributed by atoms with van der Waals surface area (Å²) in [5.41, 5.74) is 8.63. The van der Waals surface area contributed by atoms with Crippen molar-refractivity contribution in [1.82, 2.24) is 19.7 Å². The van der Waals surface area contributed by atoms with Crippen LogP contribution in [0.15, 0.2) is 54.9 Å². The minimum atomic E-state index is -0.287. The molecule has 0 spiro atoms. The molecule has 1 fully saturated rings. The maximum absolute atomic E-state index is 14.5. The highest BCUT2D eigenvalue weighted by Crippen LogP contribution is 2.29. The Bertz CT molecular complexity index is 980. The van der Waals surface area contributed by atoms with Gasteiger partial charge in [0.25, 0.3) is 0 Å². The Morgan fingerprint density at radius 2 is 1.93 bits per heavy atom. The molecule has 29 heavy (non-hydrogen) atoms. The first-order valence-electron chi connectivity index (χ1n) is 9.86. The minimum absolute atomic E-state index is 0.0220. The molecular formula is C22H24FN5O. The minimum Gasteiger partial charge on any atom is -0.342 e. The van der Waals surface area contributed by atoms with Crippen molar-refractivity contribution in [2.75, 3.05) is 13.1 Å². The van der Waals surface area contributed by atoms with E-state index in [1.165, 1.54) is 6.20 Å². The Balaban J connectivity index is 1.38. The van der Waals surface area contributed by atoms with Crippen LogP contribution in [0.25, 0.3) is 5.69 Å². The first-order valence-corrected chi connectivity index (χ1v) is 9.86. The second kappa shape index (κ2) is 8.53. The van der Waals surface area contributed by atoms with Gasteiger partial charge < -0.3 is 10.6 Å². The van der Waals surface area contributed by atoms with Gasteiger partial charge in [0.1, 0.15) is 5.69 Å². The van der Waals surface area contributed by atoms with Crippen LogP contribution in [-0.2, 0) is 17.8 Å². The summed E-state index contributed by atoms with van der Waals surface area (Å²) in [7, 11) is 0. The van der Waals surface area contributed by atoms with Crippen molar-refractivity contribution in [2.24, 2.45) is 5.73 Å². The molecule has 150 valence electrons. The van der Waals surface area contributed by atoms with Crippen LogP contribution in [0, 0.1) is 5.82 Å². The van der Waals surface area contributed by atoms with Crippen LogP contribution in [-0.4, -0.2) is 38.7 Å². The average molecular weight is 393 g/mol. The number of nitrogens with zero attached hydrogens (tertiary/aromatic N) is 4. The standard InChI is InChI=1S/C22H24FN5O/c23-20-15-28(19-4-2-1-3-5-19)26-22(20)17-7-10-27(11-8-17)21(29)13-16-6-9-25-18(12-16)14-24/h1-6,9,12,15,17H,7-8,10-11,13-14,24H2. The highest BCUT2D eigenvalue weighted by Gasteiger charge is 2.27. The molecule has 2 N–H and O–H groups in total. The smallest absolute Gasteiger partial charge is 0.226 e. The molecule has 0 bridgehead atoms. The number of piperidine rings is 1. The van der Waals surface area contributed by atoms with Crippen molar-refractivity contribution in [3.8, 4) is 5.69 Å². The van der Waals surface area contributed by atoms with Crippen LogP contribution < -0.4 is 5.73 Å². The number of benzene rings is 1. The monoisotopic (exact) mass is 393 g/mol. The van der Waals surface area contributed by atoms with E-state index < -0.39 is 0 Å². The molecule has 0 atom stereocenters. The first kappa shape index (κ1) is 19.3. The molecule has 7 heteroatoms. The summed E-state index contributed by atoms with van der Waals surface area (Å²) >= 11 is 0. The fourth-order valence-electron chi connectivity index (χ4n) is 3.79. The molecule has 3 heterocycles. The summed E-state index contributed by atoms with van der Waals surface area (Å²) in [6, 6.07) is 13.2. The molecule has 0 radical (unpaired) electrons. The SMILES string of the molecule is NCc1cc(CC(=O)N2CCC(c3nn(-c4ccccc4)cc3F)CC2)ccn1. The molecule has 1 aliphatic rings. The second-order valence-electron chi connectivity index (χ2n) is 7.33. The number of aromatic nitrogens is 3. The van der Waals surface area contributed by atoms with E-state index in [2.05, 4.69) is 10.1 Å². The molecule has 2 aromatic heterocycles. The van der Waals surface area contributed by atoms with E-state index in [4.69, 9.17) is 5.73 Å². The third-order valence-corrected chi connectivity index (χ3v) is 5.40. The van der Waals surface area contributed by atoms with E-state index in [1.807, 2.05) is 47.4 Å². The zero-order valence-corrected chi connectivity index (χ0v) is 16.2. The van der Waals surface area contributed by atoms with Crippen LogP contribution in [0.3, 0.4) is 0 Å². The lowest BCUT2D eigenvalue weighted by molar-refractivity contribution is -0.131. The van der Waals surface area contributed by atoms with Gasteiger partial charge in [-0.1, -0.05) is 18.2 Å². The number of likely N-dealkylation sites (tertiary alicyclic amines) is 1. The van der Waals surface area contributed by atoms with Gasteiger partial charge in [0, 0.05) is 31.7 Å². The Hall–Kier alpha value is -3.06. The van der Waals surface area contributed by atoms with Crippen molar-refractivity contribution < 1.29 is 9.18 Å². The quantitative estimate of drug-likeness (QED) is 0.723. The molecule has 0 aliphatic carbocycles. The van der Waals surface area contributed by atoms with Gasteiger partial charge >= 0.3 is 0 Å². The van der Waals surface area contributed by atoms with E-state index in [0.29, 0.717) is 44.6 Å². The number of halogens is 1. The summed E-state index contributed by atoms with van der Waals surface area (Å²) in [5.74, 6) is -0.189. The maximum atomic E-state index is 14.5. The van der Waals surface area contributed by atoms with Gasteiger partial charge in [-0.15, -0.1) is 0 Å². The van der Waals surface area contributed by atoms with Crippen molar-refractivity contribution in [2.45, 2.75) is 31.7 Å². The predicted octanol–water partition coefficient (Wildman–Crippen LogP) is 2.81. The van der Waals surface area contributed by atoms with Gasteiger partial charge in [-0.3, -0.25) is 9.78 Å². The number of carbonyl (C=O) groups excluding carboxylic acids is 1. The van der Waals surface area contributed by atoms with E-state index in [-0.39, 0.29) is 17.6 Å². The Labute approximate surface area is 169 Å². The molecule has 1 amide bonds. The van der Waals surface area contributed by atoms with Crippen molar-refractivity contribution in [1.29, 1.82) is 0 Å². The van der Waals surface area contributed by atoms with Crippen LogP contribution in [0.4, 0.5) is 4.39 Å². The Morgan fingerprint density at radius 1 is 1.17 bits per heavy atom. The predicted molar refractivity (Wildman–Crippen MR) is 108 cm³/mol. The average Bonchev–Trinajstić information content (AvgIpc) is 3.16. The van der Waals surface area contributed by atoms with Crippen molar-refractivity contribution in [3.63, 3.8) is 0 Å². The van der Waals surface area contributed by atoms with Gasteiger partial charge in [0.15, 0.2) is 5.82 Å². The number of amides is 1. The van der Waals surface area contributed by atoms with Crippen LogP contribution in [0.5, 0.6) is 0 Å². The van der Waals surface area contributed by atoms with Crippen LogP contribution in [0.2, 0.25) is 0 Å². The number of nitrogens with two attached hydrogens (primary N) is 1. The van der Waals surface area contributed by atoms with Crippen LogP contribution >= 0.6 is 0 Å². The number of hydrogen-bond acceptors (Lipinski definition) is 4. The number of hydrogen-bond donors (Lipinski definition) is 1. The number of pyridine rings is 1. The summed E-state index contributed by atoms with van der Waals surface area (Å²) in [5, 5.41) is 4.48. The number of carbonyl (C=O) groups is 1. The molecule has 0 saturated carbocycles. The Morgan fingerprint density at radius 3 is 2.66 bits per heavy atom. The zero-order valence-electron chi connectivity index (χ0n) is 16.2. The number of rotatable bonds is 5. The van der Waals surface area contributed by atoms with Crippen LogP contribution in [0.1, 0.15) is 35.7 Å². The maximum Gasteiger partial charge on any atom is 0.226 e. The van der Waals surface area contributed by atoms with Gasteiger partial charge in [-0.25, -0.2) is 9.07 Å². The third-order valence-electron chi connectivity index (χ3n) is 5.40. The summed E-state index contributed by atoms with van der Waals surface area (Å²) < 4.78 is 16.1. The zero-order chi connectivity index (χ0) is 20.2. The lowest BCUT2D eigenvalue weighted by Gasteiger charge is -2.31. The molecule has 3 aromatic rings. The topological polar surface area (TPSA) is 77.0 Å². The summed E-state index contributed by atoms with van der Waals surface area (Å²) in [6.45, 7) is 1.57. The first-order chi connectivity index (χ1) is 14.1. The molecule has 1 aliphatic heterocycles. The molecule has 6 nitrogen and oxygen atoms in total. The highest BCUT2D eigenvalue weighted by molar-refractivity contribution is 5.78. The van der Waals surface area contributed by atoms with Gasteiger partial charge in [0.2, 0.25) is 5.91 Å². The fourth-order valence-corrected chi connectivity index (χ4v) is 3.79. The fraction of sp³-hybridized carbons (Fsp3) is 0.318. The summed E-state index contributed by atoms with van der Waals surface area (Å²) in [4.78, 5) is 18.7. The largest absolute Gasteiger partial charge is 0.342 e. The lowest BCUT2D eigenvalue weighted by atomic mass is 9.93. The van der Waals surface area contributed by atoms with E-state index in [9.17, 15) is 9.18 Å². The Kier molecular flexibility index (Phi) is 5.67. The molecular weight excluding hydrogens is 369 g/mol. The lowest BCUT2D eigenvalue weighted by Crippen LogP contribution is -2.39. The van der Waals surface area contributed by atoms with Crippen molar-refractivity contribution in [3.05, 3.63) is 77.6 Å². The highest BCUT2D eigenvalue weighted by atomic mass is 19.1. The number of para-hydroxylation sites is 1. The van der Waals surface area contributed by atoms with Gasteiger partial charge in [0.05, 0.1) is 24.0 Å². The van der Waals surface area contributed by atoms with Crippen molar-refractivity contribution >= 4 is 5.91 Å². The normalized spacial score (nSPS) is 14.9. The molecule has 1 aromatic carbocycles. The van der Waals surface area contributed by atoms with E-state index >= 15 is 0 Å². The molecule has 1 saturated heterocycles. The second-order valence-corrected chi connectivity index (χ2v) is 7.33. The third kappa shape index (κ3) is 4.35. The molecule has 4 rings (SSSR count). The van der Waals surface area contributed by atoms with Gasteiger partial charge in [-0.05, 0) is 42.7 Å².